The predicted octanol–water partition coefficient (Wildman–Crippen LogP) is 4.95. The molecule has 0 spiro atoms. The van der Waals surface area contributed by atoms with Gasteiger partial charge in [0.25, 0.3) is 9.04 Å². The Morgan fingerprint density at radius 2 is 1.85 bits per heavy atom. The van der Waals surface area contributed by atoms with Crippen molar-refractivity contribution in [1.82, 2.24) is 9.78 Å². The number of aromatic nitrogens is 2. The predicted molar refractivity (Wildman–Crippen MR) is 110 cm³/mol. The smallest absolute Gasteiger partial charge is 0.541 e. The molecule has 3 aromatic rings. The normalized spacial score (nSPS) is 11.8. The van der Waals surface area contributed by atoms with Gasteiger partial charge in [0.15, 0.2) is 0 Å². The molecule has 1 aromatic heterocycles. The fourth-order valence-electron chi connectivity index (χ4n) is 2.84. The first-order valence-corrected chi connectivity index (χ1v) is 11.1. The summed E-state index contributed by atoms with van der Waals surface area (Å²) in [4.78, 5) is 5.02. The van der Waals surface area contributed by atoms with E-state index in [4.69, 9.17) is 9.42 Å². The summed E-state index contributed by atoms with van der Waals surface area (Å²) in [6.45, 7) is 8.34. The van der Waals surface area contributed by atoms with Crippen LogP contribution in [0, 0.1) is 13.8 Å². The van der Waals surface area contributed by atoms with Crippen molar-refractivity contribution in [3.05, 3.63) is 77.1 Å². The lowest BCUT2D eigenvalue weighted by atomic mass is 10.0. The molecule has 4 nitrogen and oxygen atoms in total. The maximum absolute atomic E-state index is 6.11. The number of rotatable bonds is 5. The van der Waals surface area contributed by atoms with E-state index >= 15 is 0 Å². The molecule has 0 atom stereocenters. The Morgan fingerprint density at radius 3 is 2.46 bits per heavy atom. The van der Waals surface area contributed by atoms with E-state index in [1.54, 1.807) is 0 Å². The minimum atomic E-state index is -0.878. The topological polar surface area (TPSA) is 39.4 Å². The van der Waals surface area contributed by atoms with Crippen LogP contribution in [0.25, 0.3) is 0 Å². The second kappa shape index (κ2) is 7.70. The average Bonchev–Trinajstić information content (AvgIpc) is 2.92. The third kappa shape index (κ3) is 4.11. The summed E-state index contributed by atoms with van der Waals surface area (Å²) in [6.07, 6.45) is 2.02. The van der Waals surface area contributed by atoms with Crippen molar-refractivity contribution in [2.45, 2.75) is 26.9 Å². The molecular weight excluding hydrogens is 338 g/mol. The van der Waals surface area contributed by atoms with E-state index in [1.165, 1.54) is 5.56 Å². The van der Waals surface area contributed by atoms with E-state index in [0.29, 0.717) is 0 Å². The fraction of sp³-hybridized carbons (Fsp3) is 0.238. The van der Waals surface area contributed by atoms with Crippen LogP contribution in [0.3, 0.4) is 0 Å². The molecule has 0 amide bonds. The number of benzene rings is 2. The summed E-state index contributed by atoms with van der Waals surface area (Å²) < 4.78 is 7.94. The van der Waals surface area contributed by atoms with Crippen LogP contribution < -0.4 is 4.43 Å². The highest BCUT2D eigenvalue weighted by Crippen LogP contribution is 2.31. The maximum atomic E-state index is 6.11. The van der Waals surface area contributed by atoms with Gasteiger partial charge < -0.3 is 4.43 Å². The van der Waals surface area contributed by atoms with Gasteiger partial charge in [0.05, 0.1) is 11.4 Å². The lowest BCUT2D eigenvalue weighted by molar-refractivity contribution is 0.581. The first-order valence-electron chi connectivity index (χ1n) is 8.67. The number of hydrogen-bond donors (Lipinski definition) is 0. The number of aryl methyl sites for hydroxylation is 3. The largest absolute Gasteiger partial charge is 1.00 e. The van der Waals surface area contributed by atoms with Crippen LogP contribution in [0.15, 0.2) is 59.7 Å². The van der Waals surface area contributed by atoms with Crippen molar-refractivity contribution in [1.29, 1.82) is 0 Å². The molecule has 133 valence electrons. The third-order valence-corrected chi connectivity index (χ3v) is 4.61. The first kappa shape index (κ1) is 18.1. The molecule has 0 aliphatic rings. The van der Waals surface area contributed by atoms with Gasteiger partial charge in [-0.15, -0.1) is 0 Å². The highest BCUT2D eigenvalue weighted by molar-refractivity contribution is 6.49. The monoisotopic (exact) mass is 363 g/mol. The number of nitrogens with zero attached hydrogens (tertiary/aromatic N) is 3. The highest BCUT2D eigenvalue weighted by atomic mass is 28.3. The zero-order valence-corrected chi connectivity index (χ0v) is 16.9. The SMILES string of the molecule is Cc1ccc(N=C(c2ccccc2)c2cn(C)nc2C)c(O[Si](C)C)c1.[H+]. The van der Waals surface area contributed by atoms with Crippen molar-refractivity contribution in [2.24, 2.45) is 12.0 Å². The summed E-state index contributed by atoms with van der Waals surface area (Å²) >= 11 is 0. The Balaban J connectivity index is 0.00000261. The van der Waals surface area contributed by atoms with Crippen molar-refractivity contribution < 1.29 is 5.85 Å². The molecule has 0 aliphatic heterocycles. The van der Waals surface area contributed by atoms with Gasteiger partial charge >= 0.3 is 1.43 Å². The molecule has 0 saturated heterocycles. The molecule has 0 N–H and O–H groups in total. The van der Waals surface area contributed by atoms with E-state index in [-0.39, 0.29) is 1.43 Å². The lowest BCUT2D eigenvalue weighted by Crippen LogP contribution is -2.11. The van der Waals surface area contributed by atoms with Gasteiger partial charge in [-0.25, -0.2) is 4.99 Å². The minimum Gasteiger partial charge on any atom is -0.541 e. The van der Waals surface area contributed by atoms with Crippen LogP contribution in [0.4, 0.5) is 5.69 Å². The van der Waals surface area contributed by atoms with Crippen LogP contribution in [0.2, 0.25) is 13.1 Å². The molecule has 0 fully saturated rings. The van der Waals surface area contributed by atoms with Crippen LogP contribution in [-0.4, -0.2) is 24.5 Å². The summed E-state index contributed by atoms with van der Waals surface area (Å²) in [5, 5.41) is 4.49. The zero-order chi connectivity index (χ0) is 18.7. The van der Waals surface area contributed by atoms with Crippen LogP contribution in [0.5, 0.6) is 5.75 Å². The van der Waals surface area contributed by atoms with E-state index in [0.717, 1.165) is 34.0 Å². The Morgan fingerprint density at radius 1 is 1.12 bits per heavy atom. The molecule has 0 bridgehead atoms. The van der Waals surface area contributed by atoms with Crippen molar-refractivity contribution >= 4 is 20.4 Å². The van der Waals surface area contributed by atoms with E-state index in [9.17, 15) is 0 Å². The van der Waals surface area contributed by atoms with Crippen molar-refractivity contribution in [2.75, 3.05) is 0 Å². The average molecular weight is 364 g/mol. The minimum absolute atomic E-state index is 0. The quantitative estimate of drug-likeness (QED) is 0.475. The molecule has 0 aliphatic carbocycles. The number of hydrogen-bond acceptors (Lipinski definition) is 3. The molecule has 1 radical (unpaired) electrons. The van der Waals surface area contributed by atoms with Crippen molar-refractivity contribution in [3.8, 4) is 5.75 Å². The highest BCUT2D eigenvalue weighted by Gasteiger charge is 2.15. The van der Waals surface area contributed by atoms with Gasteiger partial charge in [-0.2, -0.15) is 5.10 Å². The molecule has 2 aromatic carbocycles. The Bertz CT molecular complexity index is 936. The van der Waals surface area contributed by atoms with Crippen LogP contribution in [-0.2, 0) is 7.05 Å². The first-order chi connectivity index (χ1) is 12.4. The Hall–Kier alpha value is -2.66. The van der Waals surface area contributed by atoms with E-state index in [1.807, 2.05) is 49.1 Å². The lowest BCUT2D eigenvalue weighted by Gasteiger charge is -2.13. The molecular formula is C21H25N3OSi+. The second-order valence-electron chi connectivity index (χ2n) is 6.61. The molecule has 0 saturated carbocycles. The summed E-state index contributed by atoms with van der Waals surface area (Å²) in [6, 6.07) is 16.4. The molecule has 0 unspecified atom stereocenters. The fourth-order valence-corrected chi connectivity index (χ4v) is 3.45. The second-order valence-corrected chi connectivity index (χ2v) is 8.63. The molecule has 1 heterocycles. The molecule has 5 heteroatoms. The van der Waals surface area contributed by atoms with Crippen LogP contribution in [0.1, 0.15) is 23.8 Å². The van der Waals surface area contributed by atoms with Gasteiger partial charge in [0.1, 0.15) is 11.4 Å². The van der Waals surface area contributed by atoms with Gasteiger partial charge in [0, 0.05) is 24.4 Å². The summed E-state index contributed by atoms with van der Waals surface area (Å²) in [5.74, 6) is 0.846. The third-order valence-electron chi connectivity index (χ3n) is 3.98. The number of aliphatic imine (C=N–C) groups is 1. The maximum Gasteiger partial charge on any atom is 1.00 e. The molecule has 3 rings (SSSR count). The van der Waals surface area contributed by atoms with E-state index < -0.39 is 9.04 Å². The summed E-state index contributed by atoms with van der Waals surface area (Å²) in [5.41, 5.74) is 5.98. The molecule has 26 heavy (non-hydrogen) atoms. The summed E-state index contributed by atoms with van der Waals surface area (Å²) in [7, 11) is 1.05. The van der Waals surface area contributed by atoms with Gasteiger partial charge in [-0.1, -0.05) is 36.4 Å². The van der Waals surface area contributed by atoms with Gasteiger partial charge in [-0.3, -0.25) is 4.68 Å². The van der Waals surface area contributed by atoms with E-state index in [2.05, 4.69) is 49.4 Å². The van der Waals surface area contributed by atoms with Gasteiger partial charge in [0.2, 0.25) is 0 Å². The van der Waals surface area contributed by atoms with Gasteiger partial charge in [-0.05, 0) is 44.6 Å². The zero-order valence-electron chi connectivity index (χ0n) is 16.9. The Kier molecular flexibility index (Phi) is 5.37. The Labute approximate surface area is 158 Å². The standard InChI is InChI=1S/C21H24N3OSi/c1-15-11-12-19(20(13-15)25-26(4)5)22-21(17-9-7-6-8-10-17)18-14-24(3)23-16(18)2/h6-14H,1-5H3/p+1. The van der Waals surface area contributed by atoms with Crippen LogP contribution >= 0.6 is 0 Å². The van der Waals surface area contributed by atoms with Crippen molar-refractivity contribution in [3.63, 3.8) is 0 Å².